The van der Waals surface area contributed by atoms with Crippen molar-refractivity contribution in [3.63, 3.8) is 0 Å². The first kappa shape index (κ1) is 15.3. The van der Waals surface area contributed by atoms with E-state index in [0.29, 0.717) is 0 Å². The smallest absolute Gasteiger partial charge is 0.223 e. The van der Waals surface area contributed by atoms with E-state index in [0.717, 1.165) is 58.4 Å². The Labute approximate surface area is 133 Å². The number of nitrogens with one attached hydrogen (secondary N) is 1. The number of para-hydroxylation sites is 1. The molecule has 0 unspecified atom stereocenters. The van der Waals surface area contributed by atoms with Gasteiger partial charge in [-0.05, 0) is 57.5 Å². The molecule has 0 radical (unpaired) electrons. The number of carbonyl (C=O) groups is 1. The van der Waals surface area contributed by atoms with Gasteiger partial charge in [-0.2, -0.15) is 0 Å². The van der Waals surface area contributed by atoms with Crippen molar-refractivity contribution in [1.82, 2.24) is 10.2 Å². The van der Waals surface area contributed by atoms with Crippen molar-refractivity contribution in [1.29, 1.82) is 0 Å². The van der Waals surface area contributed by atoms with Crippen molar-refractivity contribution in [2.24, 2.45) is 5.92 Å². The Hall–Kier alpha value is -1.55. The van der Waals surface area contributed by atoms with Crippen LogP contribution in [0.3, 0.4) is 0 Å². The second-order valence-electron chi connectivity index (χ2n) is 6.59. The Balaban J connectivity index is 1.37. The van der Waals surface area contributed by atoms with Gasteiger partial charge in [0.1, 0.15) is 0 Å². The van der Waals surface area contributed by atoms with Crippen molar-refractivity contribution >= 4 is 11.6 Å². The van der Waals surface area contributed by atoms with E-state index < -0.39 is 0 Å². The number of fused-ring (bicyclic) bond motifs is 1. The molecule has 1 N–H and O–H groups in total. The highest BCUT2D eigenvalue weighted by molar-refractivity contribution is 5.78. The van der Waals surface area contributed by atoms with Gasteiger partial charge in [0.05, 0.1) is 0 Å². The molecule has 0 atom stereocenters. The highest BCUT2D eigenvalue weighted by atomic mass is 16.1. The minimum atomic E-state index is 0.226. The number of benzene rings is 1. The van der Waals surface area contributed by atoms with Crippen LogP contribution < -0.4 is 10.2 Å². The number of likely N-dealkylation sites (tertiary alicyclic amines) is 1. The minimum absolute atomic E-state index is 0.226. The molecule has 2 aliphatic rings. The average molecular weight is 301 g/mol. The molecule has 0 bridgehead atoms. The molecule has 1 saturated heterocycles. The van der Waals surface area contributed by atoms with E-state index in [2.05, 4.69) is 46.4 Å². The van der Waals surface area contributed by atoms with Crippen LogP contribution >= 0.6 is 0 Å². The van der Waals surface area contributed by atoms with Gasteiger partial charge >= 0.3 is 0 Å². The number of hydrogen-bond donors (Lipinski definition) is 1. The Morgan fingerprint density at radius 2 is 2.00 bits per heavy atom. The molecule has 22 heavy (non-hydrogen) atoms. The van der Waals surface area contributed by atoms with Gasteiger partial charge in [-0.15, -0.1) is 0 Å². The van der Waals surface area contributed by atoms with E-state index in [1.54, 1.807) is 0 Å². The summed E-state index contributed by atoms with van der Waals surface area (Å²) in [6.45, 7) is 5.03. The fraction of sp³-hybridized carbons (Fsp3) is 0.611. The van der Waals surface area contributed by atoms with Crippen LogP contribution in [0.15, 0.2) is 24.3 Å². The van der Waals surface area contributed by atoms with Gasteiger partial charge in [-0.25, -0.2) is 0 Å². The predicted octanol–water partition coefficient (Wildman–Crippen LogP) is 1.90. The van der Waals surface area contributed by atoms with Crippen LogP contribution in [0.4, 0.5) is 5.69 Å². The Morgan fingerprint density at radius 3 is 2.82 bits per heavy atom. The maximum atomic E-state index is 12.2. The third-order valence-corrected chi connectivity index (χ3v) is 4.98. The molecule has 0 spiro atoms. The fourth-order valence-electron chi connectivity index (χ4n) is 3.54. The number of piperidine rings is 1. The molecular weight excluding hydrogens is 274 g/mol. The van der Waals surface area contributed by atoms with Gasteiger partial charge in [0.25, 0.3) is 0 Å². The van der Waals surface area contributed by atoms with Crippen LogP contribution in [-0.2, 0) is 11.2 Å². The number of hydrogen-bond acceptors (Lipinski definition) is 3. The van der Waals surface area contributed by atoms with Crippen molar-refractivity contribution in [2.75, 3.05) is 44.7 Å². The van der Waals surface area contributed by atoms with Gasteiger partial charge in [0.2, 0.25) is 5.91 Å². The predicted molar refractivity (Wildman–Crippen MR) is 90.2 cm³/mol. The summed E-state index contributed by atoms with van der Waals surface area (Å²) in [7, 11) is 2.13. The first-order valence-electron chi connectivity index (χ1n) is 8.53. The zero-order valence-corrected chi connectivity index (χ0v) is 13.6. The van der Waals surface area contributed by atoms with Gasteiger partial charge in [-0.3, -0.25) is 4.79 Å². The summed E-state index contributed by atoms with van der Waals surface area (Å²) in [5.74, 6) is 0.485. The van der Waals surface area contributed by atoms with Crippen molar-refractivity contribution < 1.29 is 4.79 Å². The quantitative estimate of drug-likeness (QED) is 0.844. The van der Waals surface area contributed by atoms with E-state index in [9.17, 15) is 4.79 Å². The second kappa shape index (κ2) is 7.14. The number of carbonyl (C=O) groups excluding carboxylic acids is 1. The topological polar surface area (TPSA) is 35.6 Å². The summed E-state index contributed by atoms with van der Waals surface area (Å²) in [6.07, 6.45) is 4.18. The van der Waals surface area contributed by atoms with Crippen molar-refractivity contribution in [2.45, 2.75) is 25.7 Å². The maximum Gasteiger partial charge on any atom is 0.223 e. The highest BCUT2D eigenvalue weighted by Crippen LogP contribution is 2.27. The summed E-state index contributed by atoms with van der Waals surface area (Å²) in [6, 6.07) is 8.65. The van der Waals surface area contributed by atoms with Crippen molar-refractivity contribution in [3.8, 4) is 0 Å². The lowest BCUT2D eigenvalue weighted by Crippen LogP contribution is -2.39. The Morgan fingerprint density at radius 1 is 1.23 bits per heavy atom. The largest absolute Gasteiger partial charge is 0.371 e. The SMILES string of the molecule is CN1CCC(C(=O)NCCCN2CCc3ccccc32)CC1. The molecule has 2 heterocycles. The van der Waals surface area contributed by atoms with Crippen molar-refractivity contribution in [3.05, 3.63) is 29.8 Å². The summed E-state index contributed by atoms with van der Waals surface area (Å²) < 4.78 is 0. The molecule has 0 aliphatic carbocycles. The van der Waals surface area contributed by atoms with Crippen LogP contribution in [0.1, 0.15) is 24.8 Å². The fourth-order valence-corrected chi connectivity index (χ4v) is 3.54. The van der Waals surface area contributed by atoms with Gasteiger partial charge in [0.15, 0.2) is 0 Å². The number of nitrogens with zero attached hydrogens (tertiary/aromatic N) is 2. The van der Waals surface area contributed by atoms with Crippen LogP contribution in [0.2, 0.25) is 0 Å². The average Bonchev–Trinajstić information content (AvgIpc) is 2.95. The summed E-state index contributed by atoms with van der Waals surface area (Å²) >= 11 is 0. The van der Waals surface area contributed by atoms with Gasteiger partial charge in [-0.1, -0.05) is 18.2 Å². The lowest BCUT2D eigenvalue weighted by Gasteiger charge is -2.28. The molecular formula is C18H27N3O. The Bertz CT molecular complexity index is 509. The number of amides is 1. The van der Waals surface area contributed by atoms with Crippen LogP contribution in [0.25, 0.3) is 0 Å². The molecule has 4 nitrogen and oxygen atoms in total. The summed E-state index contributed by atoms with van der Waals surface area (Å²) in [5.41, 5.74) is 2.84. The lowest BCUT2D eigenvalue weighted by molar-refractivity contribution is -0.126. The molecule has 3 rings (SSSR count). The molecule has 0 aromatic heterocycles. The zero-order chi connectivity index (χ0) is 15.4. The maximum absolute atomic E-state index is 12.2. The number of anilines is 1. The summed E-state index contributed by atoms with van der Waals surface area (Å²) in [5, 5.41) is 3.13. The molecule has 120 valence electrons. The molecule has 2 aliphatic heterocycles. The molecule has 4 heteroatoms. The van der Waals surface area contributed by atoms with Crippen LogP contribution in [0.5, 0.6) is 0 Å². The van der Waals surface area contributed by atoms with E-state index >= 15 is 0 Å². The molecule has 1 aromatic carbocycles. The highest BCUT2D eigenvalue weighted by Gasteiger charge is 2.23. The van der Waals surface area contributed by atoms with Gasteiger partial charge in [0, 0.05) is 31.2 Å². The monoisotopic (exact) mass is 301 g/mol. The van der Waals surface area contributed by atoms with E-state index in [1.165, 1.54) is 11.3 Å². The third kappa shape index (κ3) is 3.61. The Kier molecular flexibility index (Phi) is 4.98. The van der Waals surface area contributed by atoms with E-state index in [4.69, 9.17) is 0 Å². The molecule has 1 amide bonds. The van der Waals surface area contributed by atoms with Gasteiger partial charge < -0.3 is 15.1 Å². The van der Waals surface area contributed by atoms with E-state index in [-0.39, 0.29) is 11.8 Å². The zero-order valence-electron chi connectivity index (χ0n) is 13.6. The minimum Gasteiger partial charge on any atom is -0.371 e. The van der Waals surface area contributed by atoms with Crippen LogP contribution in [0, 0.1) is 5.92 Å². The standard InChI is InChI=1S/C18H27N3O/c1-20-12-7-16(8-13-20)18(22)19-10-4-11-21-14-9-15-5-2-3-6-17(15)21/h2-3,5-6,16H,4,7-14H2,1H3,(H,19,22). The first-order valence-corrected chi connectivity index (χ1v) is 8.53. The lowest BCUT2D eigenvalue weighted by atomic mass is 9.96. The molecule has 1 aromatic rings. The molecule has 1 fully saturated rings. The third-order valence-electron chi connectivity index (χ3n) is 4.98. The second-order valence-corrected chi connectivity index (χ2v) is 6.59. The number of rotatable bonds is 5. The van der Waals surface area contributed by atoms with Crippen LogP contribution in [-0.4, -0.2) is 50.6 Å². The normalized spacial score (nSPS) is 19.2. The van der Waals surface area contributed by atoms with E-state index in [1.807, 2.05) is 0 Å². The summed E-state index contributed by atoms with van der Waals surface area (Å²) in [4.78, 5) is 16.9. The molecule has 0 saturated carbocycles. The first-order chi connectivity index (χ1) is 10.7.